The van der Waals surface area contributed by atoms with Crippen LogP contribution in [0, 0.1) is 6.92 Å². The molecule has 0 fully saturated rings. The van der Waals surface area contributed by atoms with Gasteiger partial charge in [0.05, 0.1) is 23.1 Å². The minimum absolute atomic E-state index is 0.644. The minimum Gasteiger partial charge on any atom is -0.397 e. The summed E-state index contributed by atoms with van der Waals surface area (Å²) in [5.41, 5.74) is 9.16. The highest BCUT2D eigenvalue weighted by molar-refractivity contribution is 5.97. The first-order valence-corrected chi connectivity index (χ1v) is 5.93. The van der Waals surface area contributed by atoms with E-state index in [1.807, 2.05) is 37.3 Å². The van der Waals surface area contributed by atoms with Gasteiger partial charge in [0.15, 0.2) is 0 Å². The van der Waals surface area contributed by atoms with E-state index in [1.165, 1.54) is 6.33 Å². The van der Waals surface area contributed by atoms with Gasteiger partial charge in [0.25, 0.3) is 0 Å². The van der Waals surface area contributed by atoms with Crippen molar-refractivity contribution < 1.29 is 0 Å². The Kier molecular flexibility index (Phi) is 2.72. The van der Waals surface area contributed by atoms with Gasteiger partial charge in [0, 0.05) is 11.1 Å². The summed E-state index contributed by atoms with van der Waals surface area (Å²) in [6, 6.07) is 9.56. The van der Waals surface area contributed by atoms with Crippen molar-refractivity contribution in [1.82, 2.24) is 15.0 Å². The summed E-state index contributed by atoms with van der Waals surface area (Å²) in [6.07, 6.45) is 3.28. The summed E-state index contributed by atoms with van der Waals surface area (Å²) in [7, 11) is 0. The number of nitrogens with one attached hydrogen (secondary N) is 1. The Morgan fingerprint density at radius 3 is 2.74 bits per heavy atom. The monoisotopic (exact) mass is 251 g/mol. The molecule has 0 unspecified atom stereocenters. The van der Waals surface area contributed by atoms with E-state index in [4.69, 9.17) is 5.73 Å². The van der Waals surface area contributed by atoms with E-state index in [1.54, 1.807) is 6.20 Å². The highest BCUT2D eigenvalue weighted by Crippen LogP contribution is 2.25. The molecule has 19 heavy (non-hydrogen) atoms. The first-order valence-electron chi connectivity index (χ1n) is 5.93. The highest BCUT2D eigenvalue weighted by atomic mass is 15.0. The SMILES string of the molecule is Cc1ccc(Nc2ncnc3c(N)cccc23)cn1. The molecule has 0 spiro atoms. The standard InChI is InChI=1S/C14H13N5/c1-9-5-6-10(7-16-9)19-14-11-3-2-4-12(15)13(11)17-8-18-14/h2-8H,15H2,1H3,(H,17,18,19). The Morgan fingerprint density at radius 2 is 1.95 bits per heavy atom. The number of aryl methyl sites for hydroxylation is 1. The van der Waals surface area contributed by atoms with E-state index in [2.05, 4.69) is 20.3 Å². The predicted molar refractivity (Wildman–Crippen MR) is 76.2 cm³/mol. The third-order valence-corrected chi connectivity index (χ3v) is 2.87. The summed E-state index contributed by atoms with van der Waals surface area (Å²) >= 11 is 0. The van der Waals surface area contributed by atoms with E-state index in [9.17, 15) is 0 Å². The number of fused-ring (bicyclic) bond motifs is 1. The van der Waals surface area contributed by atoms with Gasteiger partial charge in [-0.05, 0) is 31.2 Å². The van der Waals surface area contributed by atoms with Gasteiger partial charge >= 0.3 is 0 Å². The van der Waals surface area contributed by atoms with Crippen LogP contribution in [0.15, 0.2) is 42.9 Å². The van der Waals surface area contributed by atoms with E-state index < -0.39 is 0 Å². The number of anilines is 3. The first kappa shape index (κ1) is 11.4. The lowest BCUT2D eigenvalue weighted by atomic mass is 10.2. The number of benzene rings is 1. The maximum Gasteiger partial charge on any atom is 0.141 e. The maximum absolute atomic E-state index is 5.91. The number of hydrogen-bond acceptors (Lipinski definition) is 5. The molecule has 0 saturated carbocycles. The number of nitrogens with zero attached hydrogens (tertiary/aromatic N) is 3. The maximum atomic E-state index is 5.91. The molecule has 0 aliphatic heterocycles. The van der Waals surface area contributed by atoms with Crippen molar-refractivity contribution in [2.45, 2.75) is 6.92 Å². The molecule has 0 bridgehead atoms. The Labute approximate surface area is 110 Å². The largest absolute Gasteiger partial charge is 0.397 e. The number of nitrogen functional groups attached to an aromatic ring is 1. The lowest BCUT2D eigenvalue weighted by Crippen LogP contribution is -1.98. The fourth-order valence-corrected chi connectivity index (χ4v) is 1.89. The van der Waals surface area contributed by atoms with E-state index in [0.717, 1.165) is 28.1 Å². The lowest BCUT2D eigenvalue weighted by Gasteiger charge is -2.09. The number of hydrogen-bond donors (Lipinski definition) is 2. The van der Waals surface area contributed by atoms with Crippen LogP contribution in [0.4, 0.5) is 17.2 Å². The van der Waals surface area contributed by atoms with Crippen LogP contribution in [0.3, 0.4) is 0 Å². The zero-order chi connectivity index (χ0) is 13.2. The third kappa shape index (κ3) is 2.18. The summed E-state index contributed by atoms with van der Waals surface area (Å²) < 4.78 is 0. The molecule has 3 aromatic rings. The lowest BCUT2D eigenvalue weighted by molar-refractivity contribution is 1.18. The average molecular weight is 251 g/mol. The van der Waals surface area contributed by atoms with Crippen LogP contribution in [0.2, 0.25) is 0 Å². The van der Waals surface area contributed by atoms with E-state index in [0.29, 0.717) is 5.69 Å². The summed E-state index contributed by atoms with van der Waals surface area (Å²) in [4.78, 5) is 12.7. The molecule has 0 radical (unpaired) electrons. The van der Waals surface area contributed by atoms with Crippen molar-refractivity contribution in [3.8, 4) is 0 Å². The molecule has 2 heterocycles. The number of pyridine rings is 1. The molecule has 3 N–H and O–H groups in total. The molecule has 1 aromatic carbocycles. The van der Waals surface area contributed by atoms with Gasteiger partial charge in [-0.25, -0.2) is 9.97 Å². The summed E-state index contributed by atoms with van der Waals surface area (Å²) in [6.45, 7) is 1.95. The molecule has 5 nitrogen and oxygen atoms in total. The number of rotatable bonds is 2. The molecule has 2 aromatic heterocycles. The van der Waals surface area contributed by atoms with Crippen LogP contribution in [-0.2, 0) is 0 Å². The summed E-state index contributed by atoms with van der Waals surface area (Å²) in [5.74, 6) is 0.725. The Balaban J connectivity index is 2.06. The second-order valence-corrected chi connectivity index (χ2v) is 4.28. The molecule has 0 saturated heterocycles. The molecule has 5 heteroatoms. The van der Waals surface area contributed by atoms with Gasteiger partial charge in [-0.2, -0.15) is 0 Å². The number of aromatic nitrogens is 3. The second kappa shape index (κ2) is 4.53. The second-order valence-electron chi connectivity index (χ2n) is 4.28. The normalized spacial score (nSPS) is 10.6. The van der Waals surface area contributed by atoms with Crippen LogP contribution >= 0.6 is 0 Å². The molecule has 0 atom stereocenters. The zero-order valence-electron chi connectivity index (χ0n) is 10.5. The quantitative estimate of drug-likeness (QED) is 0.685. The van der Waals surface area contributed by atoms with Gasteiger partial charge in [-0.15, -0.1) is 0 Å². The Morgan fingerprint density at radius 1 is 1.05 bits per heavy atom. The highest BCUT2D eigenvalue weighted by Gasteiger charge is 2.06. The van der Waals surface area contributed by atoms with Crippen LogP contribution in [0.25, 0.3) is 10.9 Å². The van der Waals surface area contributed by atoms with Gasteiger partial charge in [0.1, 0.15) is 12.1 Å². The van der Waals surface area contributed by atoms with E-state index in [-0.39, 0.29) is 0 Å². The molecular weight excluding hydrogens is 238 g/mol. The molecule has 3 rings (SSSR count). The molecule has 94 valence electrons. The Hall–Kier alpha value is -2.69. The van der Waals surface area contributed by atoms with Crippen LogP contribution in [-0.4, -0.2) is 15.0 Å². The number of nitrogens with two attached hydrogens (primary N) is 1. The fourth-order valence-electron chi connectivity index (χ4n) is 1.89. The first-order chi connectivity index (χ1) is 9.24. The summed E-state index contributed by atoms with van der Waals surface area (Å²) in [5, 5.41) is 4.12. The van der Waals surface area contributed by atoms with Gasteiger partial charge in [-0.3, -0.25) is 4.98 Å². The Bertz CT molecular complexity index is 721. The third-order valence-electron chi connectivity index (χ3n) is 2.87. The van der Waals surface area contributed by atoms with Crippen LogP contribution < -0.4 is 11.1 Å². The molecule has 0 aliphatic rings. The fraction of sp³-hybridized carbons (Fsp3) is 0.0714. The topological polar surface area (TPSA) is 76.7 Å². The number of para-hydroxylation sites is 1. The van der Waals surface area contributed by atoms with Crippen molar-refractivity contribution in [1.29, 1.82) is 0 Å². The van der Waals surface area contributed by atoms with Gasteiger partial charge in [0.2, 0.25) is 0 Å². The van der Waals surface area contributed by atoms with Crippen molar-refractivity contribution in [3.63, 3.8) is 0 Å². The van der Waals surface area contributed by atoms with Gasteiger partial charge < -0.3 is 11.1 Å². The molecule has 0 amide bonds. The minimum atomic E-state index is 0.644. The molecule has 0 aliphatic carbocycles. The smallest absolute Gasteiger partial charge is 0.141 e. The van der Waals surface area contributed by atoms with Crippen molar-refractivity contribution in [3.05, 3.63) is 48.5 Å². The van der Waals surface area contributed by atoms with Crippen molar-refractivity contribution >= 4 is 28.1 Å². The zero-order valence-corrected chi connectivity index (χ0v) is 10.5. The predicted octanol–water partition coefficient (Wildman–Crippen LogP) is 2.66. The van der Waals surface area contributed by atoms with Gasteiger partial charge in [-0.1, -0.05) is 6.07 Å². The van der Waals surface area contributed by atoms with Crippen molar-refractivity contribution in [2.75, 3.05) is 11.1 Å². The van der Waals surface area contributed by atoms with Crippen LogP contribution in [0.1, 0.15) is 5.69 Å². The van der Waals surface area contributed by atoms with Crippen molar-refractivity contribution in [2.24, 2.45) is 0 Å². The van der Waals surface area contributed by atoms with Crippen LogP contribution in [0.5, 0.6) is 0 Å². The van der Waals surface area contributed by atoms with E-state index >= 15 is 0 Å². The average Bonchev–Trinajstić information content (AvgIpc) is 2.43. The molecular formula is C14H13N5.